The van der Waals surface area contributed by atoms with Gasteiger partial charge in [0.2, 0.25) is 5.91 Å². The molecule has 1 aliphatic heterocycles. The molecule has 2 amide bonds. The second-order valence-electron chi connectivity index (χ2n) is 9.22. The molecule has 1 heterocycles. The van der Waals surface area contributed by atoms with Gasteiger partial charge in [-0.15, -0.1) is 0 Å². The zero-order valence-corrected chi connectivity index (χ0v) is 22.5. The van der Waals surface area contributed by atoms with Crippen LogP contribution in [0.5, 0.6) is 0 Å². The van der Waals surface area contributed by atoms with Crippen LogP contribution in [0.2, 0.25) is 5.02 Å². The fourth-order valence-electron chi connectivity index (χ4n) is 4.19. The number of nitrogens with zero attached hydrogens (tertiary/aromatic N) is 2. The second kappa shape index (κ2) is 11.7. The van der Waals surface area contributed by atoms with Crippen molar-refractivity contribution < 1.29 is 9.59 Å². The lowest BCUT2D eigenvalue weighted by atomic mass is 10.0. The van der Waals surface area contributed by atoms with E-state index in [1.807, 2.05) is 79.7 Å². The Balaban J connectivity index is 1.71. The molecule has 0 saturated carbocycles. The zero-order chi connectivity index (χ0) is 26.5. The predicted molar refractivity (Wildman–Crippen MR) is 150 cm³/mol. The Morgan fingerprint density at radius 1 is 1.00 bits per heavy atom. The Bertz CT molecular complexity index is 1360. The molecule has 1 fully saturated rings. The van der Waals surface area contributed by atoms with Gasteiger partial charge in [0, 0.05) is 10.7 Å². The minimum atomic E-state index is -0.526. The number of anilines is 1. The van der Waals surface area contributed by atoms with Crippen LogP contribution in [0.1, 0.15) is 49.4 Å². The van der Waals surface area contributed by atoms with E-state index < -0.39 is 11.2 Å². The van der Waals surface area contributed by atoms with Gasteiger partial charge in [-0.3, -0.25) is 14.5 Å². The Hall–Kier alpha value is -3.53. The van der Waals surface area contributed by atoms with Crippen LogP contribution in [0.25, 0.3) is 0 Å². The topological polar surface area (TPSA) is 73.2 Å². The molecule has 3 aromatic rings. The van der Waals surface area contributed by atoms with E-state index in [0.29, 0.717) is 28.1 Å². The highest BCUT2D eigenvalue weighted by molar-refractivity contribution is 8.05. The van der Waals surface area contributed by atoms with Crippen molar-refractivity contribution in [1.82, 2.24) is 5.32 Å². The molecule has 7 heteroatoms. The van der Waals surface area contributed by atoms with E-state index in [1.54, 1.807) is 6.07 Å². The normalized spacial score (nSPS) is 17.5. The molecule has 4 rings (SSSR count). The van der Waals surface area contributed by atoms with Crippen molar-refractivity contribution in [2.75, 3.05) is 4.90 Å². The SMILES string of the molecule is CC(C)c1ccc(N2C(=O)C(Cc3ccccc3Cl)S/C2=C(/C#N)C(=O)NC(C)c2ccccc2)cc1. The molecule has 0 radical (unpaired) electrons. The fraction of sp³-hybridized carbons (Fsp3) is 0.233. The molecule has 0 aromatic heterocycles. The monoisotopic (exact) mass is 529 g/mol. The molecular weight excluding hydrogens is 502 g/mol. The highest BCUT2D eigenvalue weighted by atomic mass is 35.5. The van der Waals surface area contributed by atoms with E-state index in [0.717, 1.165) is 16.7 Å². The largest absolute Gasteiger partial charge is 0.345 e. The van der Waals surface area contributed by atoms with Crippen molar-refractivity contribution in [3.63, 3.8) is 0 Å². The van der Waals surface area contributed by atoms with Gasteiger partial charge in [-0.2, -0.15) is 5.26 Å². The number of benzene rings is 3. The quantitative estimate of drug-likeness (QED) is 0.271. The first-order valence-electron chi connectivity index (χ1n) is 12.1. The number of hydrogen-bond donors (Lipinski definition) is 1. The number of halogens is 1. The summed E-state index contributed by atoms with van der Waals surface area (Å²) in [4.78, 5) is 28.6. The third-order valence-electron chi connectivity index (χ3n) is 6.33. The average molecular weight is 530 g/mol. The Morgan fingerprint density at radius 2 is 1.65 bits per heavy atom. The number of thioether (sulfide) groups is 1. The van der Waals surface area contributed by atoms with Crippen LogP contribution in [0.4, 0.5) is 5.69 Å². The summed E-state index contributed by atoms with van der Waals surface area (Å²) in [7, 11) is 0. The molecule has 37 heavy (non-hydrogen) atoms. The maximum Gasteiger partial charge on any atom is 0.265 e. The zero-order valence-electron chi connectivity index (χ0n) is 20.9. The van der Waals surface area contributed by atoms with Gasteiger partial charge in [0.25, 0.3) is 5.91 Å². The van der Waals surface area contributed by atoms with Gasteiger partial charge in [-0.05, 0) is 54.2 Å². The molecule has 1 aliphatic rings. The minimum Gasteiger partial charge on any atom is -0.345 e. The first kappa shape index (κ1) is 26.5. The van der Waals surface area contributed by atoms with Crippen LogP contribution in [0.3, 0.4) is 0 Å². The standard InChI is InChI=1S/C30H28ClN3O2S/c1-19(2)21-13-15-24(16-14-21)34-29(36)27(17-23-11-7-8-12-26(23)31)37-30(34)25(18-32)28(35)33-20(3)22-9-5-4-6-10-22/h4-16,19-20,27H,17H2,1-3H3,(H,33,35)/b30-25-. The van der Waals surface area contributed by atoms with Crippen LogP contribution in [-0.4, -0.2) is 17.1 Å². The van der Waals surface area contributed by atoms with E-state index in [9.17, 15) is 14.9 Å². The fourth-order valence-corrected chi connectivity index (χ4v) is 5.70. The van der Waals surface area contributed by atoms with Crippen molar-refractivity contribution in [3.05, 3.63) is 111 Å². The maximum atomic E-state index is 13.7. The summed E-state index contributed by atoms with van der Waals surface area (Å²) >= 11 is 7.61. The van der Waals surface area contributed by atoms with E-state index >= 15 is 0 Å². The van der Waals surface area contributed by atoms with Crippen LogP contribution < -0.4 is 10.2 Å². The molecule has 0 spiro atoms. The van der Waals surface area contributed by atoms with Crippen LogP contribution >= 0.6 is 23.4 Å². The van der Waals surface area contributed by atoms with Crippen LogP contribution in [0, 0.1) is 11.3 Å². The average Bonchev–Trinajstić information content (AvgIpc) is 3.21. The second-order valence-corrected chi connectivity index (χ2v) is 10.8. The molecular formula is C30H28ClN3O2S. The number of nitrogens with one attached hydrogen (secondary N) is 1. The third-order valence-corrected chi connectivity index (χ3v) is 7.97. The molecule has 5 nitrogen and oxygen atoms in total. The van der Waals surface area contributed by atoms with Crippen molar-refractivity contribution in [2.24, 2.45) is 0 Å². The smallest absolute Gasteiger partial charge is 0.265 e. The summed E-state index contributed by atoms with van der Waals surface area (Å²) in [5, 5.41) is 13.4. The van der Waals surface area contributed by atoms with E-state index in [2.05, 4.69) is 25.2 Å². The van der Waals surface area contributed by atoms with Crippen molar-refractivity contribution in [2.45, 2.75) is 44.4 Å². The minimum absolute atomic E-state index is 0.0873. The molecule has 188 valence electrons. The summed E-state index contributed by atoms with van der Waals surface area (Å²) < 4.78 is 0. The molecule has 2 unspecified atom stereocenters. The summed E-state index contributed by atoms with van der Waals surface area (Å²) in [6.07, 6.45) is 0.383. The molecule has 0 bridgehead atoms. The van der Waals surface area contributed by atoms with Crippen molar-refractivity contribution in [1.29, 1.82) is 5.26 Å². The van der Waals surface area contributed by atoms with Crippen LogP contribution in [0.15, 0.2) is 89.5 Å². The molecule has 3 aromatic carbocycles. The number of hydrogen-bond acceptors (Lipinski definition) is 4. The van der Waals surface area contributed by atoms with Crippen molar-refractivity contribution in [3.8, 4) is 6.07 Å². The van der Waals surface area contributed by atoms with E-state index in [4.69, 9.17) is 11.6 Å². The molecule has 1 N–H and O–H groups in total. The lowest BCUT2D eigenvalue weighted by Gasteiger charge is -2.20. The number of nitriles is 1. The Labute approximate surface area is 227 Å². The summed E-state index contributed by atoms with van der Waals surface area (Å²) in [5.74, 6) is -0.370. The lowest BCUT2D eigenvalue weighted by molar-refractivity contribution is -0.117. The number of carbonyl (C=O) groups excluding carboxylic acids is 2. The van der Waals surface area contributed by atoms with Gasteiger partial charge in [0.15, 0.2) is 0 Å². The summed E-state index contributed by atoms with van der Waals surface area (Å²) in [6.45, 7) is 6.06. The van der Waals surface area contributed by atoms with Gasteiger partial charge < -0.3 is 5.32 Å². The van der Waals surface area contributed by atoms with Gasteiger partial charge in [-0.25, -0.2) is 0 Å². The van der Waals surface area contributed by atoms with E-state index in [-0.39, 0.29) is 17.5 Å². The molecule has 1 saturated heterocycles. The van der Waals surface area contributed by atoms with Crippen molar-refractivity contribution >= 4 is 40.9 Å². The van der Waals surface area contributed by atoms with Gasteiger partial charge in [0.05, 0.1) is 11.3 Å². The van der Waals surface area contributed by atoms with Gasteiger partial charge >= 0.3 is 0 Å². The third kappa shape index (κ3) is 5.90. The van der Waals surface area contributed by atoms with Crippen LogP contribution in [-0.2, 0) is 16.0 Å². The number of rotatable bonds is 7. The summed E-state index contributed by atoms with van der Waals surface area (Å²) in [6, 6.07) is 26.4. The number of carbonyl (C=O) groups is 2. The van der Waals surface area contributed by atoms with E-state index in [1.165, 1.54) is 16.7 Å². The lowest BCUT2D eigenvalue weighted by Crippen LogP contribution is -2.33. The van der Waals surface area contributed by atoms with Gasteiger partial charge in [0.1, 0.15) is 16.7 Å². The molecule has 2 atom stereocenters. The predicted octanol–water partition coefficient (Wildman–Crippen LogP) is 6.77. The molecule has 0 aliphatic carbocycles. The maximum absolute atomic E-state index is 13.7. The highest BCUT2D eigenvalue weighted by Crippen LogP contribution is 2.42. The first-order valence-corrected chi connectivity index (χ1v) is 13.4. The Kier molecular flexibility index (Phi) is 8.38. The highest BCUT2D eigenvalue weighted by Gasteiger charge is 2.41. The summed E-state index contributed by atoms with van der Waals surface area (Å²) in [5.41, 5.74) is 3.43. The first-order chi connectivity index (χ1) is 17.8. The van der Waals surface area contributed by atoms with Gasteiger partial charge in [-0.1, -0.05) is 97.9 Å². The number of amides is 2. The Morgan fingerprint density at radius 3 is 2.27 bits per heavy atom.